The van der Waals surface area contributed by atoms with Crippen molar-refractivity contribution in [2.24, 2.45) is 5.73 Å². The van der Waals surface area contributed by atoms with E-state index in [1.165, 1.54) is 19.6 Å². The highest BCUT2D eigenvalue weighted by atomic mass is 16.7. The van der Waals surface area contributed by atoms with Crippen molar-refractivity contribution in [3.05, 3.63) is 12.7 Å². The summed E-state index contributed by atoms with van der Waals surface area (Å²) in [5, 5.41) is 3.55. The van der Waals surface area contributed by atoms with Crippen LogP contribution in [0.3, 0.4) is 0 Å². The van der Waals surface area contributed by atoms with E-state index < -0.39 is 12.0 Å². The third-order valence-electron chi connectivity index (χ3n) is 0.953. The van der Waals surface area contributed by atoms with Gasteiger partial charge in [-0.2, -0.15) is 0 Å². The van der Waals surface area contributed by atoms with Gasteiger partial charge in [-0.3, -0.25) is 0 Å². The number of nitrogens with zero attached hydrogens (tertiary/aromatic N) is 3. The Kier molecular flexibility index (Phi) is 2.17. The number of rotatable bonds is 2. The molecule has 0 amide bonds. The summed E-state index contributed by atoms with van der Waals surface area (Å²) >= 11 is 0. The molecule has 60 valence electrons. The third kappa shape index (κ3) is 2.01. The van der Waals surface area contributed by atoms with Gasteiger partial charge in [0.05, 0.1) is 0 Å². The van der Waals surface area contributed by atoms with Gasteiger partial charge in [-0.05, 0) is 6.92 Å². The molecule has 0 aliphatic carbocycles. The lowest BCUT2D eigenvalue weighted by atomic mass is 10.4. The number of carbonyl (C=O) groups excluding carboxylic acids is 1. The minimum atomic E-state index is -0.654. The van der Waals surface area contributed by atoms with Gasteiger partial charge in [-0.25, -0.2) is 9.78 Å². The molecule has 1 atom stereocenters. The molecule has 0 radical (unpaired) electrons. The van der Waals surface area contributed by atoms with Crippen LogP contribution in [0.15, 0.2) is 12.7 Å². The van der Waals surface area contributed by atoms with Crippen LogP contribution in [0, 0.1) is 0 Å². The number of hydrogen-bond acceptors (Lipinski definition) is 5. The van der Waals surface area contributed by atoms with Crippen molar-refractivity contribution in [1.82, 2.24) is 14.9 Å². The van der Waals surface area contributed by atoms with Crippen molar-refractivity contribution in [2.45, 2.75) is 13.0 Å². The van der Waals surface area contributed by atoms with E-state index in [-0.39, 0.29) is 0 Å². The molecule has 1 rings (SSSR count). The molecule has 2 N–H and O–H groups in total. The normalized spacial score (nSPS) is 12.5. The maximum Gasteiger partial charge on any atom is 0.351 e. The second-order valence-electron chi connectivity index (χ2n) is 2.00. The van der Waals surface area contributed by atoms with Gasteiger partial charge < -0.3 is 10.6 Å². The van der Waals surface area contributed by atoms with Gasteiger partial charge in [0, 0.05) is 0 Å². The first-order valence-electron chi connectivity index (χ1n) is 3.02. The Morgan fingerprint density at radius 3 is 3.00 bits per heavy atom. The summed E-state index contributed by atoms with van der Waals surface area (Å²) in [4.78, 5) is 19.9. The molecule has 0 fully saturated rings. The molecule has 0 saturated heterocycles. The van der Waals surface area contributed by atoms with Crippen LogP contribution in [-0.2, 0) is 4.79 Å². The van der Waals surface area contributed by atoms with Crippen LogP contribution < -0.4 is 10.6 Å². The fraction of sp³-hybridized carbons (Fsp3) is 0.400. The zero-order valence-electron chi connectivity index (χ0n) is 5.97. The van der Waals surface area contributed by atoms with Gasteiger partial charge in [-0.1, -0.05) is 4.85 Å². The molecule has 0 bridgehead atoms. The smallest absolute Gasteiger partial charge is 0.319 e. The van der Waals surface area contributed by atoms with Gasteiger partial charge in [0.2, 0.25) is 0 Å². The Morgan fingerprint density at radius 1 is 1.82 bits per heavy atom. The highest BCUT2D eigenvalue weighted by Gasteiger charge is 2.09. The summed E-state index contributed by atoms with van der Waals surface area (Å²) in [5.41, 5.74) is 5.22. The highest BCUT2D eigenvalue weighted by Crippen LogP contribution is 1.79. The summed E-state index contributed by atoms with van der Waals surface area (Å²) in [6, 6.07) is -0.654. The predicted octanol–water partition coefficient (Wildman–Crippen LogP) is -1.42. The van der Waals surface area contributed by atoms with Gasteiger partial charge in [0.25, 0.3) is 0 Å². The van der Waals surface area contributed by atoms with Gasteiger partial charge >= 0.3 is 5.97 Å². The molecule has 11 heavy (non-hydrogen) atoms. The van der Waals surface area contributed by atoms with Gasteiger partial charge in [-0.15, -0.1) is 5.10 Å². The molecule has 6 nitrogen and oxygen atoms in total. The zero-order valence-corrected chi connectivity index (χ0v) is 5.97. The van der Waals surface area contributed by atoms with Crippen molar-refractivity contribution in [3.8, 4) is 0 Å². The lowest BCUT2D eigenvalue weighted by Gasteiger charge is -2.03. The van der Waals surface area contributed by atoms with Gasteiger partial charge in [0.1, 0.15) is 12.4 Å². The minimum Gasteiger partial charge on any atom is -0.319 e. The summed E-state index contributed by atoms with van der Waals surface area (Å²) in [6.45, 7) is 1.53. The Bertz CT molecular complexity index is 231. The fourth-order valence-corrected chi connectivity index (χ4v) is 0.420. The predicted molar refractivity (Wildman–Crippen MR) is 35.3 cm³/mol. The molecule has 0 aliphatic heterocycles. The largest absolute Gasteiger partial charge is 0.351 e. The van der Waals surface area contributed by atoms with E-state index in [0.717, 1.165) is 4.85 Å². The maximum atomic E-state index is 10.8. The van der Waals surface area contributed by atoms with Crippen LogP contribution in [0.25, 0.3) is 0 Å². The number of nitrogens with two attached hydrogens (primary N) is 1. The SMILES string of the molecule is C[C@H](N)C(=O)On1cncn1. The summed E-state index contributed by atoms with van der Waals surface area (Å²) in [7, 11) is 0. The summed E-state index contributed by atoms with van der Waals surface area (Å²) in [5.74, 6) is -0.546. The van der Waals surface area contributed by atoms with Crippen molar-refractivity contribution in [2.75, 3.05) is 0 Å². The summed E-state index contributed by atoms with van der Waals surface area (Å²) < 4.78 is 0. The van der Waals surface area contributed by atoms with Crippen LogP contribution in [0.4, 0.5) is 0 Å². The maximum absolute atomic E-state index is 10.8. The van der Waals surface area contributed by atoms with E-state index in [1.807, 2.05) is 0 Å². The van der Waals surface area contributed by atoms with Crippen molar-refractivity contribution in [3.63, 3.8) is 0 Å². The molecule has 0 aliphatic rings. The van der Waals surface area contributed by atoms with E-state index in [9.17, 15) is 4.79 Å². The molecule has 0 unspecified atom stereocenters. The van der Waals surface area contributed by atoms with E-state index in [0.29, 0.717) is 0 Å². The molecule has 1 heterocycles. The van der Waals surface area contributed by atoms with Gasteiger partial charge in [0.15, 0.2) is 6.33 Å². The molecule has 6 heteroatoms. The fourth-order valence-electron chi connectivity index (χ4n) is 0.420. The summed E-state index contributed by atoms with van der Waals surface area (Å²) in [6.07, 6.45) is 2.52. The molecular formula is C5H8N4O2. The first-order chi connectivity index (χ1) is 5.20. The van der Waals surface area contributed by atoms with E-state index in [4.69, 9.17) is 5.73 Å². The van der Waals surface area contributed by atoms with Crippen LogP contribution >= 0.6 is 0 Å². The first kappa shape index (κ1) is 7.67. The number of hydrogen-bond donors (Lipinski definition) is 1. The second kappa shape index (κ2) is 3.11. The minimum absolute atomic E-state index is 0.546. The van der Waals surface area contributed by atoms with E-state index >= 15 is 0 Å². The van der Waals surface area contributed by atoms with Crippen LogP contribution in [0.5, 0.6) is 0 Å². The van der Waals surface area contributed by atoms with Crippen molar-refractivity contribution in [1.29, 1.82) is 0 Å². The molecule has 1 aromatic rings. The van der Waals surface area contributed by atoms with Crippen LogP contribution in [0.1, 0.15) is 6.92 Å². The quantitative estimate of drug-likeness (QED) is 0.568. The second-order valence-corrected chi connectivity index (χ2v) is 2.00. The standard InChI is InChI=1S/C5H8N4O2/c1-4(6)5(10)11-9-3-7-2-8-9/h2-4H,6H2,1H3/t4-/m0/s1. The Labute approximate surface area is 62.9 Å². The monoisotopic (exact) mass is 156 g/mol. The lowest BCUT2D eigenvalue weighted by molar-refractivity contribution is -0.146. The third-order valence-corrected chi connectivity index (χ3v) is 0.953. The molecule has 0 aromatic carbocycles. The van der Waals surface area contributed by atoms with E-state index in [2.05, 4.69) is 14.9 Å². The molecule has 1 aromatic heterocycles. The van der Waals surface area contributed by atoms with Crippen molar-refractivity contribution < 1.29 is 9.63 Å². The Hall–Kier alpha value is -1.43. The average Bonchev–Trinajstić information content (AvgIpc) is 2.39. The van der Waals surface area contributed by atoms with Crippen LogP contribution in [-0.4, -0.2) is 26.9 Å². The highest BCUT2D eigenvalue weighted by molar-refractivity contribution is 5.75. The Balaban J connectivity index is 2.50. The van der Waals surface area contributed by atoms with Crippen molar-refractivity contribution >= 4 is 5.97 Å². The molecular weight excluding hydrogens is 148 g/mol. The van der Waals surface area contributed by atoms with E-state index in [1.54, 1.807) is 0 Å². The zero-order chi connectivity index (χ0) is 8.27. The number of carbonyl (C=O) groups is 1. The first-order valence-corrected chi connectivity index (χ1v) is 3.02. The number of aromatic nitrogens is 3. The molecule has 0 saturated carbocycles. The van der Waals surface area contributed by atoms with Crippen LogP contribution in [0.2, 0.25) is 0 Å². The Morgan fingerprint density at radius 2 is 2.55 bits per heavy atom. The average molecular weight is 156 g/mol. The lowest BCUT2D eigenvalue weighted by Crippen LogP contribution is -2.35. The topological polar surface area (TPSA) is 83.0 Å². The molecule has 0 spiro atoms.